The van der Waals surface area contributed by atoms with E-state index in [1.165, 1.54) is 0 Å². The van der Waals surface area contributed by atoms with Crippen LogP contribution in [0.15, 0.2) is 0 Å². The summed E-state index contributed by atoms with van der Waals surface area (Å²) in [5.74, 6) is -0.536. The van der Waals surface area contributed by atoms with Gasteiger partial charge in [0.1, 0.15) is 0 Å². The predicted molar refractivity (Wildman–Crippen MR) is 82.1 cm³/mol. The fraction of sp³-hybridized carbons (Fsp3) is 0.667. The summed E-state index contributed by atoms with van der Waals surface area (Å²) >= 11 is 0. The number of hydrogen-bond acceptors (Lipinski definition) is 5. The first kappa shape index (κ1) is 16.9. The Morgan fingerprint density at radius 1 is 1.12 bits per heavy atom. The van der Waals surface area contributed by atoms with Gasteiger partial charge in [-0.3, -0.25) is 0 Å². The number of aromatic nitrogens is 4. The van der Waals surface area contributed by atoms with Crippen LogP contribution in [0.25, 0.3) is 5.65 Å². The van der Waals surface area contributed by atoms with Gasteiger partial charge in [-0.2, -0.15) is 17.7 Å². The van der Waals surface area contributed by atoms with E-state index in [0.29, 0.717) is 31.1 Å². The maximum absolute atomic E-state index is 13.1. The van der Waals surface area contributed by atoms with Gasteiger partial charge in [-0.15, -0.1) is 15.3 Å². The molecule has 3 heterocycles. The Bertz CT molecular complexity index is 735. The van der Waals surface area contributed by atoms with Crippen LogP contribution >= 0.6 is 0 Å². The minimum absolute atomic E-state index is 0.146. The van der Waals surface area contributed by atoms with Crippen molar-refractivity contribution in [1.82, 2.24) is 19.8 Å². The van der Waals surface area contributed by atoms with Crippen molar-refractivity contribution in [3.05, 3.63) is 17.0 Å². The lowest BCUT2D eigenvalue weighted by atomic mass is 10.1. The van der Waals surface area contributed by atoms with E-state index in [9.17, 15) is 13.2 Å². The average molecular weight is 343 g/mol. The van der Waals surface area contributed by atoms with Crippen LogP contribution in [0.5, 0.6) is 0 Å². The highest BCUT2D eigenvalue weighted by atomic mass is 19.4. The second-order valence-corrected chi connectivity index (χ2v) is 5.97. The largest absolute Gasteiger partial charge is 0.453 e. The number of ether oxygens (including phenoxy) is 1. The van der Waals surface area contributed by atoms with Crippen LogP contribution in [0.1, 0.15) is 36.7 Å². The first-order valence-electron chi connectivity index (χ1n) is 7.99. The Labute approximate surface area is 137 Å². The van der Waals surface area contributed by atoms with Gasteiger partial charge in [0.05, 0.1) is 6.10 Å². The molecule has 9 heteroatoms. The van der Waals surface area contributed by atoms with Crippen molar-refractivity contribution >= 4 is 11.5 Å². The van der Waals surface area contributed by atoms with E-state index < -0.39 is 12.0 Å². The molecule has 6 nitrogen and oxygen atoms in total. The zero-order chi connectivity index (χ0) is 17.5. The van der Waals surface area contributed by atoms with Gasteiger partial charge < -0.3 is 9.64 Å². The summed E-state index contributed by atoms with van der Waals surface area (Å²) in [6.45, 7) is 7.63. The van der Waals surface area contributed by atoms with Gasteiger partial charge in [-0.25, -0.2) is 0 Å². The van der Waals surface area contributed by atoms with Crippen LogP contribution in [0, 0.1) is 13.8 Å². The minimum Gasteiger partial charge on any atom is -0.378 e. The predicted octanol–water partition coefficient (Wildman–Crippen LogP) is 2.77. The Morgan fingerprint density at radius 3 is 2.38 bits per heavy atom. The van der Waals surface area contributed by atoms with Gasteiger partial charge in [-0.1, -0.05) is 0 Å². The summed E-state index contributed by atoms with van der Waals surface area (Å²) in [6.07, 6.45) is -2.72. The van der Waals surface area contributed by atoms with Crippen molar-refractivity contribution in [2.45, 2.75) is 45.9 Å². The summed E-state index contributed by atoms with van der Waals surface area (Å²) in [7, 11) is 0. The molecule has 0 aliphatic carbocycles. The quantitative estimate of drug-likeness (QED) is 0.858. The van der Waals surface area contributed by atoms with Crippen LogP contribution in [0.4, 0.5) is 19.0 Å². The zero-order valence-electron chi connectivity index (χ0n) is 13.9. The number of nitrogens with zero attached hydrogens (tertiary/aromatic N) is 5. The molecule has 0 bridgehead atoms. The molecule has 0 spiro atoms. The highest BCUT2D eigenvalue weighted by molar-refractivity contribution is 5.59. The molecule has 0 amide bonds. The highest BCUT2D eigenvalue weighted by Crippen LogP contribution is 2.31. The lowest BCUT2D eigenvalue weighted by Gasteiger charge is -2.33. The van der Waals surface area contributed by atoms with E-state index in [1.54, 1.807) is 6.92 Å². The maximum Gasteiger partial charge on any atom is 0.453 e. The van der Waals surface area contributed by atoms with Gasteiger partial charge >= 0.3 is 6.18 Å². The van der Waals surface area contributed by atoms with E-state index >= 15 is 0 Å². The van der Waals surface area contributed by atoms with Crippen LogP contribution in [0.2, 0.25) is 0 Å². The molecule has 3 rings (SSSR count). The van der Waals surface area contributed by atoms with Crippen molar-refractivity contribution < 1.29 is 17.9 Å². The third-order valence-electron chi connectivity index (χ3n) is 4.47. The number of alkyl halides is 3. The van der Waals surface area contributed by atoms with Gasteiger partial charge in [0, 0.05) is 30.8 Å². The lowest BCUT2D eigenvalue weighted by molar-refractivity contribution is -0.146. The molecule has 2 aromatic heterocycles. The Morgan fingerprint density at radius 2 is 1.79 bits per heavy atom. The second-order valence-electron chi connectivity index (χ2n) is 5.97. The molecule has 1 saturated heterocycles. The number of aryl methyl sites for hydroxylation is 1. The monoisotopic (exact) mass is 343 g/mol. The third-order valence-corrected chi connectivity index (χ3v) is 4.47. The number of halogens is 3. The van der Waals surface area contributed by atoms with E-state index in [0.717, 1.165) is 22.9 Å². The van der Waals surface area contributed by atoms with E-state index in [2.05, 4.69) is 15.3 Å². The molecule has 2 aromatic rings. The van der Waals surface area contributed by atoms with Crippen molar-refractivity contribution in [2.24, 2.45) is 0 Å². The molecule has 1 aliphatic heterocycles. The fourth-order valence-corrected chi connectivity index (χ4v) is 3.06. The Balaban J connectivity index is 1.98. The van der Waals surface area contributed by atoms with Crippen LogP contribution in [-0.2, 0) is 10.9 Å². The van der Waals surface area contributed by atoms with Gasteiger partial charge in [0.25, 0.3) is 5.82 Å². The summed E-state index contributed by atoms with van der Waals surface area (Å²) < 4.78 is 45.7. The Kier molecular flexibility index (Phi) is 4.37. The molecular formula is C15H20F3N5O. The molecule has 1 aliphatic rings. The number of piperidine rings is 1. The van der Waals surface area contributed by atoms with Gasteiger partial charge in [0.2, 0.25) is 0 Å². The van der Waals surface area contributed by atoms with Crippen LogP contribution in [0.3, 0.4) is 0 Å². The summed E-state index contributed by atoms with van der Waals surface area (Å²) in [5, 5.41) is 11.2. The molecule has 0 atom stereocenters. The zero-order valence-corrected chi connectivity index (χ0v) is 13.9. The van der Waals surface area contributed by atoms with Crippen molar-refractivity contribution in [3.8, 4) is 0 Å². The lowest BCUT2D eigenvalue weighted by Crippen LogP contribution is -2.38. The summed E-state index contributed by atoms with van der Waals surface area (Å²) in [6, 6.07) is 0. The van der Waals surface area contributed by atoms with E-state index in [-0.39, 0.29) is 11.8 Å². The van der Waals surface area contributed by atoms with Gasteiger partial charge in [-0.05, 0) is 33.6 Å². The molecule has 0 aromatic carbocycles. The van der Waals surface area contributed by atoms with Crippen molar-refractivity contribution in [3.63, 3.8) is 0 Å². The smallest absolute Gasteiger partial charge is 0.378 e. The average Bonchev–Trinajstić information content (AvgIpc) is 2.96. The van der Waals surface area contributed by atoms with Crippen molar-refractivity contribution in [2.75, 3.05) is 24.6 Å². The molecule has 132 valence electrons. The molecule has 0 radical (unpaired) electrons. The molecule has 0 N–H and O–H groups in total. The highest BCUT2D eigenvalue weighted by Gasteiger charge is 2.38. The van der Waals surface area contributed by atoms with Gasteiger partial charge in [0.15, 0.2) is 11.5 Å². The maximum atomic E-state index is 13.1. The third kappa shape index (κ3) is 2.92. The summed E-state index contributed by atoms with van der Waals surface area (Å²) in [5.41, 5.74) is 1.64. The summed E-state index contributed by atoms with van der Waals surface area (Å²) in [4.78, 5) is 2.01. The number of rotatable bonds is 3. The van der Waals surface area contributed by atoms with Crippen molar-refractivity contribution in [1.29, 1.82) is 0 Å². The van der Waals surface area contributed by atoms with E-state index in [1.807, 2.05) is 18.7 Å². The standard InChI is InChI=1S/C15H20F3N5O/c1-4-24-11-5-7-22(8-6-11)13-10(3)9(2)12-19-20-14(15(16,17)18)23(12)21-13/h11H,4-8H2,1-3H3. The van der Waals surface area contributed by atoms with E-state index in [4.69, 9.17) is 4.74 Å². The second kappa shape index (κ2) is 6.19. The molecule has 0 unspecified atom stereocenters. The topological polar surface area (TPSA) is 55.5 Å². The number of anilines is 1. The first-order chi connectivity index (χ1) is 11.3. The normalized spacial score (nSPS) is 17.0. The van der Waals surface area contributed by atoms with Crippen LogP contribution < -0.4 is 4.90 Å². The Hall–Kier alpha value is -1.90. The molecule has 0 saturated carbocycles. The van der Waals surface area contributed by atoms with Crippen LogP contribution in [-0.4, -0.2) is 45.6 Å². The number of hydrogen-bond donors (Lipinski definition) is 0. The fourth-order valence-electron chi connectivity index (χ4n) is 3.06. The minimum atomic E-state index is -4.59. The molecular weight excluding hydrogens is 323 g/mol. The number of fused-ring (bicyclic) bond motifs is 1. The molecule has 1 fully saturated rings. The molecule has 24 heavy (non-hydrogen) atoms. The SMILES string of the molecule is CCOC1CCN(c2nn3c(C(F)(F)F)nnc3c(C)c2C)CC1. The first-order valence-corrected chi connectivity index (χ1v) is 7.99.